The molecule has 2 heterocycles. The summed E-state index contributed by atoms with van der Waals surface area (Å²) in [7, 11) is 0. The second kappa shape index (κ2) is 5.62. The van der Waals surface area contributed by atoms with Crippen LogP contribution < -0.4 is 5.73 Å². The van der Waals surface area contributed by atoms with Crippen LogP contribution in [0, 0.1) is 11.8 Å². The van der Waals surface area contributed by atoms with Gasteiger partial charge in [0.2, 0.25) is 5.91 Å². The fraction of sp³-hybridized carbons (Fsp3) is 0.929. The maximum atomic E-state index is 12.2. The Morgan fingerprint density at radius 3 is 2.47 bits per heavy atom. The topological polar surface area (TPSA) is 49.6 Å². The van der Waals surface area contributed by atoms with E-state index in [1.807, 2.05) is 30.5 Å². The lowest BCUT2D eigenvalue weighted by atomic mass is 9.99. The normalized spacial score (nSPS) is 24.3. The molecule has 5 heteroatoms. The Labute approximate surface area is 121 Å². The molecule has 1 spiro atoms. The van der Waals surface area contributed by atoms with Crippen LogP contribution in [0.3, 0.4) is 0 Å². The number of amides is 1. The van der Waals surface area contributed by atoms with E-state index in [-0.39, 0.29) is 22.7 Å². The highest BCUT2D eigenvalue weighted by molar-refractivity contribution is 8.01. The molecule has 110 valence electrons. The van der Waals surface area contributed by atoms with Gasteiger partial charge in [-0.25, -0.2) is 0 Å². The Bertz CT molecular complexity index is 340. The van der Waals surface area contributed by atoms with Crippen molar-refractivity contribution in [3.05, 3.63) is 0 Å². The standard InChI is InChI=1S/C14H27N3OS/c1-10(2)7-17-5-6-19-14(17)8-16(9-14)13(18)12(15)11(3)4/h10-12H,5-9,15H2,1-4H3/t12-/m0/s1. The molecule has 2 N–H and O–H groups in total. The molecule has 2 aliphatic heterocycles. The fourth-order valence-electron chi connectivity index (χ4n) is 2.83. The highest BCUT2D eigenvalue weighted by atomic mass is 32.2. The number of carbonyl (C=O) groups is 1. The van der Waals surface area contributed by atoms with E-state index in [2.05, 4.69) is 18.7 Å². The monoisotopic (exact) mass is 285 g/mol. The van der Waals surface area contributed by atoms with Gasteiger partial charge in [-0.2, -0.15) is 0 Å². The lowest BCUT2D eigenvalue weighted by Crippen LogP contribution is -2.69. The van der Waals surface area contributed by atoms with Crippen molar-refractivity contribution in [1.29, 1.82) is 0 Å². The molecule has 2 aliphatic rings. The molecular formula is C14H27N3OS. The minimum atomic E-state index is -0.345. The van der Waals surface area contributed by atoms with Crippen LogP contribution in [0.25, 0.3) is 0 Å². The van der Waals surface area contributed by atoms with Crippen LogP contribution in [0.2, 0.25) is 0 Å². The van der Waals surface area contributed by atoms with E-state index in [0.29, 0.717) is 5.92 Å². The second-order valence-corrected chi connectivity index (χ2v) is 8.06. The van der Waals surface area contributed by atoms with Gasteiger partial charge in [-0.15, -0.1) is 11.8 Å². The summed E-state index contributed by atoms with van der Waals surface area (Å²) in [5.74, 6) is 2.20. The number of thioether (sulfide) groups is 1. The van der Waals surface area contributed by atoms with Crippen molar-refractivity contribution in [2.75, 3.05) is 31.9 Å². The Hall–Kier alpha value is -0.260. The number of likely N-dealkylation sites (tertiary alicyclic amines) is 1. The van der Waals surface area contributed by atoms with Crippen molar-refractivity contribution in [1.82, 2.24) is 9.80 Å². The van der Waals surface area contributed by atoms with Crippen molar-refractivity contribution in [2.24, 2.45) is 17.6 Å². The van der Waals surface area contributed by atoms with Gasteiger partial charge in [-0.05, 0) is 11.8 Å². The quantitative estimate of drug-likeness (QED) is 0.843. The lowest BCUT2D eigenvalue weighted by molar-refractivity contribution is -0.142. The highest BCUT2D eigenvalue weighted by Crippen LogP contribution is 2.43. The molecule has 19 heavy (non-hydrogen) atoms. The Morgan fingerprint density at radius 2 is 1.95 bits per heavy atom. The summed E-state index contributed by atoms with van der Waals surface area (Å²) in [6.45, 7) is 12.5. The predicted molar refractivity (Wildman–Crippen MR) is 81.0 cm³/mol. The molecule has 0 radical (unpaired) electrons. The van der Waals surface area contributed by atoms with Gasteiger partial charge in [-0.3, -0.25) is 9.69 Å². The van der Waals surface area contributed by atoms with Gasteiger partial charge >= 0.3 is 0 Å². The number of rotatable bonds is 4. The van der Waals surface area contributed by atoms with E-state index in [1.54, 1.807) is 0 Å². The van der Waals surface area contributed by atoms with Crippen molar-refractivity contribution in [2.45, 2.75) is 38.6 Å². The second-order valence-electron chi connectivity index (χ2n) is 6.60. The molecule has 0 aromatic heterocycles. The van der Waals surface area contributed by atoms with E-state index in [9.17, 15) is 4.79 Å². The van der Waals surface area contributed by atoms with Crippen molar-refractivity contribution < 1.29 is 4.79 Å². The van der Waals surface area contributed by atoms with Crippen LogP contribution in [0.15, 0.2) is 0 Å². The zero-order valence-electron chi connectivity index (χ0n) is 12.6. The first kappa shape index (κ1) is 15.1. The Morgan fingerprint density at radius 1 is 1.32 bits per heavy atom. The third-order valence-corrected chi connectivity index (χ3v) is 5.53. The summed E-state index contributed by atoms with van der Waals surface area (Å²) in [6, 6.07) is -0.345. The van der Waals surface area contributed by atoms with Crippen molar-refractivity contribution in [3.63, 3.8) is 0 Å². The average Bonchev–Trinajstić information content (AvgIpc) is 2.67. The zero-order valence-corrected chi connectivity index (χ0v) is 13.4. The van der Waals surface area contributed by atoms with Gasteiger partial charge in [0.25, 0.3) is 0 Å². The molecule has 0 aromatic rings. The SMILES string of the molecule is CC(C)CN1CCSC12CN(C(=O)[C@@H](N)C(C)C)C2. The first-order valence-corrected chi connectivity index (χ1v) is 8.27. The number of carbonyl (C=O) groups excluding carboxylic acids is 1. The first-order valence-electron chi connectivity index (χ1n) is 7.29. The number of hydrogen-bond donors (Lipinski definition) is 1. The lowest BCUT2D eigenvalue weighted by Gasteiger charge is -2.53. The van der Waals surface area contributed by atoms with Gasteiger partial charge in [0.1, 0.15) is 4.87 Å². The van der Waals surface area contributed by atoms with Crippen LogP contribution in [-0.2, 0) is 4.79 Å². The number of nitrogens with zero attached hydrogens (tertiary/aromatic N) is 2. The van der Waals surface area contributed by atoms with E-state index < -0.39 is 0 Å². The van der Waals surface area contributed by atoms with Crippen LogP contribution in [0.5, 0.6) is 0 Å². The first-order chi connectivity index (χ1) is 8.85. The molecular weight excluding hydrogens is 258 g/mol. The Balaban J connectivity index is 1.92. The third-order valence-electron chi connectivity index (χ3n) is 4.08. The van der Waals surface area contributed by atoms with Crippen LogP contribution in [-0.4, -0.2) is 58.6 Å². The molecule has 0 aliphatic carbocycles. The molecule has 0 saturated carbocycles. The molecule has 0 aromatic carbocycles. The summed E-state index contributed by atoms with van der Waals surface area (Å²) in [6.07, 6.45) is 0. The highest BCUT2D eigenvalue weighted by Gasteiger charge is 2.53. The molecule has 1 amide bonds. The van der Waals surface area contributed by atoms with Gasteiger partial charge < -0.3 is 10.6 Å². The molecule has 1 atom stereocenters. The van der Waals surface area contributed by atoms with E-state index >= 15 is 0 Å². The third kappa shape index (κ3) is 2.93. The van der Waals surface area contributed by atoms with Crippen LogP contribution in [0.1, 0.15) is 27.7 Å². The minimum absolute atomic E-state index is 0.123. The van der Waals surface area contributed by atoms with Gasteiger partial charge in [0, 0.05) is 18.8 Å². The molecule has 2 saturated heterocycles. The van der Waals surface area contributed by atoms with E-state index in [4.69, 9.17) is 5.73 Å². The number of hydrogen-bond acceptors (Lipinski definition) is 4. The summed E-state index contributed by atoms with van der Waals surface area (Å²) >= 11 is 2.01. The largest absolute Gasteiger partial charge is 0.336 e. The predicted octanol–water partition coefficient (Wildman–Crippen LogP) is 1.21. The molecule has 2 fully saturated rings. The van der Waals surface area contributed by atoms with Gasteiger partial charge in [0.15, 0.2) is 0 Å². The van der Waals surface area contributed by atoms with Crippen molar-refractivity contribution >= 4 is 17.7 Å². The van der Waals surface area contributed by atoms with E-state index in [1.165, 1.54) is 5.75 Å². The Kier molecular flexibility index (Phi) is 4.48. The molecule has 2 rings (SSSR count). The maximum Gasteiger partial charge on any atom is 0.239 e. The van der Waals surface area contributed by atoms with Gasteiger partial charge in [0.05, 0.1) is 19.1 Å². The summed E-state index contributed by atoms with van der Waals surface area (Å²) in [5, 5.41) is 0. The van der Waals surface area contributed by atoms with Crippen LogP contribution in [0.4, 0.5) is 0 Å². The molecule has 0 bridgehead atoms. The smallest absolute Gasteiger partial charge is 0.239 e. The summed E-state index contributed by atoms with van der Waals surface area (Å²) in [5.41, 5.74) is 5.96. The van der Waals surface area contributed by atoms with Gasteiger partial charge in [-0.1, -0.05) is 27.7 Å². The van der Waals surface area contributed by atoms with E-state index in [0.717, 1.165) is 26.2 Å². The number of nitrogens with two attached hydrogens (primary N) is 1. The zero-order chi connectivity index (χ0) is 14.2. The molecule has 0 unspecified atom stereocenters. The fourth-order valence-corrected chi connectivity index (χ4v) is 4.37. The summed E-state index contributed by atoms with van der Waals surface area (Å²) in [4.78, 5) is 16.9. The molecule has 4 nitrogen and oxygen atoms in total. The minimum Gasteiger partial charge on any atom is -0.336 e. The van der Waals surface area contributed by atoms with Crippen LogP contribution >= 0.6 is 11.8 Å². The summed E-state index contributed by atoms with van der Waals surface area (Å²) < 4.78 is 0. The maximum absolute atomic E-state index is 12.2. The average molecular weight is 285 g/mol. The van der Waals surface area contributed by atoms with Crippen molar-refractivity contribution in [3.8, 4) is 0 Å².